The first-order valence-electron chi connectivity index (χ1n) is 10.2. The Morgan fingerprint density at radius 3 is 2.67 bits per heavy atom. The van der Waals surface area contributed by atoms with Gasteiger partial charge in [0.15, 0.2) is 11.5 Å². The molecular weight excluding hydrogens is 470 g/mol. The fraction of sp³-hybridized carbons (Fsp3) is 0.261. The van der Waals surface area contributed by atoms with Crippen LogP contribution in [-0.4, -0.2) is 47.1 Å². The first-order chi connectivity index (χ1) is 15.9. The minimum Gasteiger partial charge on any atom is -0.493 e. The van der Waals surface area contributed by atoms with E-state index in [1.807, 2.05) is 0 Å². The normalized spacial score (nSPS) is 14.2. The van der Waals surface area contributed by atoms with E-state index in [-0.39, 0.29) is 22.1 Å². The van der Waals surface area contributed by atoms with Gasteiger partial charge in [-0.25, -0.2) is 14.4 Å². The minimum absolute atomic E-state index is 0.0502. The molecule has 172 valence electrons. The summed E-state index contributed by atoms with van der Waals surface area (Å²) in [4.78, 5) is 22.2. The maximum absolute atomic E-state index is 13.7. The highest BCUT2D eigenvalue weighted by molar-refractivity contribution is 6.43. The van der Waals surface area contributed by atoms with Crippen LogP contribution >= 0.6 is 23.2 Å². The van der Waals surface area contributed by atoms with Crippen molar-refractivity contribution >= 4 is 51.5 Å². The van der Waals surface area contributed by atoms with Crippen LogP contribution in [0.25, 0.3) is 10.9 Å². The predicted octanol–water partition coefficient (Wildman–Crippen LogP) is 5.38. The fourth-order valence-electron chi connectivity index (χ4n) is 3.67. The third kappa shape index (κ3) is 4.82. The standard InChI is InChI=1S/C23H21Cl2FN4O3/c1-3-20(31)30-8-6-13(7-9-30)33-19-10-14-17(11-18(19)32-2)27-12-28-23(14)29-16-5-4-15(26)21(24)22(16)25/h3-5,10-13H,1,6-9H2,2H3,(H,27,28,29). The number of fused-ring (bicyclic) bond motifs is 1. The van der Waals surface area contributed by atoms with Crippen LogP contribution in [0.4, 0.5) is 15.9 Å². The van der Waals surface area contributed by atoms with Crippen molar-refractivity contribution < 1.29 is 18.7 Å². The number of likely N-dealkylation sites (tertiary alicyclic amines) is 1. The second kappa shape index (κ2) is 9.80. The lowest BCUT2D eigenvalue weighted by Crippen LogP contribution is -2.41. The van der Waals surface area contributed by atoms with Crippen LogP contribution in [0.3, 0.4) is 0 Å². The summed E-state index contributed by atoms with van der Waals surface area (Å²) in [5.41, 5.74) is 1.02. The van der Waals surface area contributed by atoms with Crippen molar-refractivity contribution in [3.8, 4) is 11.5 Å². The predicted molar refractivity (Wildman–Crippen MR) is 126 cm³/mol. The highest BCUT2D eigenvalue weighted by atomic mass is 35.5. The number of carbonyl (C=O) groups is 1. The van der Waals surface area contributed by atoms with E-state index in [2.05, 4.69) is 21.9 Å². The summed E-state index contributed by atoms with van der Waals surface area (Å²) in [7, 11) is 1.56. The summed E-state index contributed by atoms with van der Waals surface area (Å²) in [6.45, 7) is 4.71. The van der Waals surface area contributed by atoms with Gasteiger partial charge in [0.05, 0.1) is 28.4 Å². The Balaban J connectivity index is 1.63. The van der Waals surface area contributed by atoms with Gasteiger partial charge in [0.2, 0.25) is 5.91 Å². The van der Waals surface area contributed by atoms with Gasteiger partial charge in [0, 0.05) is 37.4 Å². The van der Waals surface area contributed by atoms with Gasteiger partial charge in [-0.05, 0) is 24.3 Å². The van der Waals surface area contributed by atoms with E-state index in [9.17, 15) is 9.18 Å². The Kier molecular flexibility index (Phi) is 6.85. The quantitative estimate of drug-likeness (QED) is 0.369. The summed E-state index contributed by atoms with van der Waals surface area (Å²) in [5.74, 6) is 0.813. The van der Waals surface area contributed by atoms with Gasteiger partial charge in [-0.2, -0.15) is 0 Å². The van der Waals surface area contributed by atoms with Crippen molar-refractivity contribution in [3.05, 3.63) is 59.1 Å². The molecule has 0 radical (unpaired) electrons. The average molecular weight is 491 g/mol. The van der Waals surface area contributed by atoms with E-state index in [1.165, 1.54) is 24.5 Å². The number of carbonyl (C=O) groups excluding carboxylic acids is 1. The van der Waals surface area contributed by atoms with E-state index in [0.29, 0.717) is 59.8 Å². The van der Waals surface area contributed by atoms with Crippen molar-refractivity contribution in [2.75, 3.05) is 25.5 Å². The second-order valence-electron chi connectivity index (χ2n) is 7.44. The molecule has 1 aromatic heterocycles. The number of nitrogens with zero attached hydrogens (tertiary/aromatic N) is 3. The van der Waals surface area contributed by atoms with Gasteiger partial charge in [-0.15, -0.1) is 0 Å². The largest absolute Gasteiger partial charge is 0.493 e. The summed E-state index contributed by atoms with van der Waals surface area (Å²) in [6, 6.07) is 6.25. The van der Waals surface area contributed by atoms with Crippen molar-refractivity contribution in [2.45, 2.75) is 18.9 Å². The van der Waals surface area contributed by atoms with Gasteiger partial charge < -0.3 is 19.7 Å². The Bertz CT molecular complexity index is 1220. The lowest BCUT2D eigenvalue weighted by Gasteiger charge is -2.31. The number of methoxy groups -OCH3 is 1. The van der Waals surface area contributed by atoms with Crippen molar-refractivity contribution in [3.63, 3.8) is 0 Å². The number of aromatic nitrogens is 2. The van der Waals surface area contributed by atoms with Crippen molar-refractivity contribution in [1.29, 1.82) is 0 Å². The van der Waals surface area contributed by atoms with Gasteiger partial charge in [-0.3, -0.25) is 4.79 Å². The molecule has 7 nitrogen and oxygen atoms in total. The number of ether oxygens (including phenoxy) is 2. The molecule has 0 atom stereocenters. The zero-order valence-corrected chi connectivity index (χ0v) is 19.3. The lowest BCUT2D eigenvalue weighted by molar-refractivity contribution is -0.127. The number of benzene rings is 2. The first kappa shape index (κ1) is 23.1. The molecule has 2 heterocycles. The van der Waals surface area contributed by atoms with Crippen molar-refractivity contribution in [1.82, 2.24) is 14.9 Å². The van der Waals surface area contributed by atoms with E-state index < -0.39 is 5.82 Å². The molecule has 3 aromatic rings. The zero-order valence-electron chi connectivity index (χ0n) is 17.8. The van der Waals surface area contributed by atoms with Gasteiger partial charge >= 0.3 is 0 Å². The number of hydrogen-bond acceptors (Lipinski definition) is 6. The number of rotatable bonds is 6. The maximum atomic E-state index is 13.7. The molecule has 1 aliphatic heterocycles. The first-order valence-corrected chi connectivity index (χ1v) is 11.0. The summed E-state index contributed by atoms with van der Waals surface area (Å²) >= 11 is 12.1. The second-order valence-corrected chi connectivity index (χ2v) is 8.19. The molecule has 0 saturated carbocycles. The Labute approximate surface area is 200 Å². The highest BCUT2D eigenvalue weighted by Crippen LogP contribution is 2.38. The Morgan fingerprint density at radius 2 is 1.97 bits per heavy atom. The molecule has 1 saturated heterocycles. The average Bonchev–Trinajstić information content (AvgIpc) is 2.84. The van der Waals surface area contributed by atoms with Gasteiger partial charge in [0.25, 0.3) is 0 Å². The number of hydrogen-bond donors (Lipinski definition) is 1. The highest BCUT2D eigenvalue weighted by Gasteiger charge is 2.24. The van der Waals surface area contributed by atoms with E-state index >= 15 is 0 Å². The Morgan fingerprint density at radius 1 is 1.21 bits per heavy atom. The fourth-order valence-corrected chi connectivity index (χ4v) is 4.03. The monoisotopic (exact) mass is 490 g/mol. The molecule has 0 aliphatic carbocycles. The molecule has 4 rings (SSSR count). The maximum Gasteiger partial charge on any atom is 0.245 e. The SMILES string of the molecule is C=CC(=O)N1CCC(Oc2cc3c(Nc4ccc(F)c(Cl)c4Cl)ncnc3cc2OC)CC1. The molecule has 0 spiro atoms. The van der Waals surface area contributed by atoms with Crippen LogP contribution in [0, 0.1) is 5.82 Å². The van der Waals surface area contributed by atoms with E-state index in [1.54, 1.807) is 24.1 Å². The third-order valence-corrected chi connectivity index (χ3v) is 6.29. The van der Waals surface area contributed by atoms with E-state index in [4.69, 9.17) is 32.7 Å². The molecular formula is C23H21Cl2FN4O3. The van der Waals surface area contributed by atoms with Crippen LogP contribution in [0.1, 0.15) is 12.8 Å². The third-order valence-electron chi connectivity index (χ3n) is 5.43. The van der Waals surface area contributed by atoms with E-state index in [0.717, 1.165) is 0 Å². The Hall–Kier alpha value is -3.10. The number of piperidine rings is 1. The molecule has 1 amide bonds. The number of amides is 1. The topological polar surface area (TPSA) is 76.6 Å². The molecule has 1 N–H and O–H groups in total. The molecule has 0 bridgehead atoms. The smallest absolute Gasteiger partial charge is 0.245 e. The van der Waals surface area contributed by atoms with Crippen LogP contribution in [0.15, 0.2) is 43.2 Å². The zero-order chi connectivity index (χ0) is 23.5. The number of nitrogens with one attached hydrogen (secondary N) is 1. The molecule has 1 fully saturated rings. The molecule has 0 unspecified atom stereocenters. The van der Waals surface area contributed by atoms with Crippen LogP contribution in [0.2, 0.25) is 10.0 Å². The molecule has 1 aliphatic rings. The minimum atomic E-state index is -0.610. The van der Waals surface area contributed by atoms with Crippen LogP contribution in [-0.2, 0) is 4.79 Å². The summed E-state index contributed by atoms with van der Waals surface area (Å²) < 4.78 is 25.4. The molecule has 10 heteroatoms. The molecule has 2 aromatic carbocycles. The van der Waals surface area contributed by atoms with Gasteiger partial charge in [0.1, 0.15) is 24.1 Å². The van der Waals surface area contributed by atoms with Gasteiger partial charge in [-0.1, -0.05) is 29.8 Å². The van der Waals surface area contributed by atoms with Crippen LogP contribution in [0.5, 0.6) is 11.5 Å². The van der Waals surface area contributed by atoms with Crippen LogP contribution < -0.4 is 14.8 Å². The molecule has 33 heavy (non-hydrogen) atoms. The number of halogens is 3. The lowest BCUT2D eigenvalue weighted by atomic mass is 10.1. The van der Waals surface area contributed by atoms with Crippen molar-refractivity contribution in [2.24, 2.45) is 0 Å². The summed E-state index contributed by atoms with van der Waals surface area (Å²) in [6.07, 6.45) is 4.00. The number of anilines is 2. The summed E-state index contributed by atoms with van der Waals surface area (Å²) in [5, 5.41) is 3.62.